The highest BCUT2D eigenvalue weighted by Gasteiger charge is 2.40. The van der Waals surface area contributed by atoms with Gasteiger partial charge in [0.05, 0.1) is 29.5 Å². The summed E-state index contributed by atoms with van der Waals surface area (Å²) in [6, 6.07) is 0.439. The van der Waals surface area contributed by atoms with E-state index in [4.69, 9.17) is 0 Å². The Morgan fingerprint density at radius 1 is 1.36 bits per heavy atom. The molecule has 6 nitrogen and oxygen atoms in total. The Labute approximate surface area is 133 Å². The van der Waals surface area contributed by atoms with Crippen molar-refractivity contribution < 1.29 is 8.42 Å². The van der Waals surface area contributed by atoms with Crippen LogP contribution in [0.2, 0.25) is 0 Å². The number of aryl methyl sites for hydroxylation is 1. The quantitative estimate of drug-likeness (QED) is 0.821. The topological polar surface area (TPSA) is 58.4 Å². The predicted molar refractivity (Wildman–Crippen MR) is 85.8 cm³/mol. The lowest BCUT2D eigenvalue weighted by Crippen LogP contribution is -2.34. The fourth-order valence-corrected chi connectivity index (χ4v) is 4.67. The first-order valence-electron chi connectivity index (χ1n) is 8.11. The van der Waals surface area contributed by atoms with Gasteiger partial charge >= 0.3 is 0 Å². The molecule has 3 rings (SSSR count). The molecule has 0 amide bonds. The molecule has 0 radical (unpaired) electrons. The van der Waals surface area contributed by atoms with Gasteiger partial charge in [0, 0.05) is 25.7 Å². The predicted octanol–water partition coefficient (Wildman–Crippen LogP) is 1.42. The molecular weight excluding hydrogens is 300 g/mol. The Balaban J connectivity index is 1.83. The van der Waals surface area contributed by atoms with Gasteiger partial charge in [-0.3, -0.25) is 4.90 Å². The van der Waals surface area contributed by atoms with Gasteiger partial charge in [-0.25, -0.2) is 13.4 Å². The van der Waals surface area contributed by atoms with Crippen LogP contribution in [0.4, 0.5) is 0 Å². The molecule has 2 aliphatic rings. The van der Waals surface area contributed by atoms with E-state index >= 15 is 0 Å². The Morgan fingerprint density at radius 3 is 2.73 bits per heavy atom. The van der Waals surface area contributed by atoms with Gasteiger partial charge in [0.25, 0.3) is 0 Å². The molecule has 0 aromatic carbocycles. The fourth-order valence-electron chi connectivity index (χ4n) is 2.83. The molecule has 0 N–H and O–H groups in total. The van der Waals surface area contributed by atoms with Crippen LogP contribution >= 0.6 is 0 Å². The summed E-state index contributed by atoms with van der Waals surface area (Å²) in [5, 5.41) is -0.135. The van der Waals surface area contributed by atoms with E-state index < -0.39 is 10.0 Å². The van der Waals surface area contributed by atoms with Crippen LogP contribution in [0, 0.1) is 0 Å². The van der Waals surface area contributed by atoms with Crippen molar-refractivity contribution in [2.24, 2.45) is 0 Å². The molecule has 1 fully saturated rings. The average Bonchev–Trinajstić information content (AvgIpc) is 3.27. The van der Waals surface area contributed by atoms with E-state index in [9.17, 15) is 8.42 Å². The van der Waals surface area contributed by atoms with E-state index in [1.807, 2.05) is 6.33 Å². The molecule has 22 heavy (non-hydrogen) atoms. The highest BCUT2D eigenvalue weighted by molar-refractivity contribution is 7.90. The lowest BCUT2D eigenvalue weighted by Gasteiger charge is -2.22. The summed E-state index contributed by atoms with van der Waals surface area (Å²) in [7, 11) is -1.04. The summed E-state index contributed by atoms with van der Waals surface area (Å²) >= 11 is 0. The SMILES string of the molecule is CC(C)N(C)Cc1ncn2c1CN(S(=O)(=O)C1CC1)CCC2. The lowest BCUT2D eigenvalue weighted by atomic mass is 10.2. The highest BCUT2D eigenvalue weighted by Crippen LogP contribution is 2.33. The molecule has 1 aliphatic carbocycles. The number of hydrogen-bond acceptors (Lipinski definition) is 4. The molecule has 1 aliphatic heterocycles. The van der Waals surface area contributed by atoms with Gasteiger partial charge in [-0.15, -0.1) is 0 Å². The third-order valence-electron chi connectivity index (χ3n) is 4.75. The number of rotatable bonds is 5. The Bertz CT molecular complexity index is 634. The third-order valence-corrected chi connectivity index (χ3v) is 7.10. The van der Waals surface area contributed by atoms with E-state index in [-0.39, 0.29) is 5.25 Å². The van der Waals surface area contributed by atoms with Gasteiger partial charge in [-0.05, 0) is 40.2 Å². The zero-order chi connectivity index (χ0) is 15.9. The van der Waals surface area contributed by atoms with Crippen molar-refractivity contribution in [3.8, 4) is 0 Å². The van der Waals surface area contributed by atoms with Crippen LogP contribution in [0.25, 0.3) is 0 Å². The Hall–Kier alpha value is -0.920. The molecule has 7 heteroatoms. The number of fused-ring (bicyclic) bond motifs is 1. The number of aromatic nitrogens is 2. The summed E-state index contributed by atoms with van der Waals surface area (Å²) in [6.45, 7) is 7.01. The largest absolute Gasteiger partial charge is 0.333 e. The molecule has 1 aromatic rings. The normalized spacial score (nSPS) is 20.4. The second-order valence-corrected chi connectivity index (χ2v) is 8.98. The summed E-state index contributed by atoms with van der Waals surface area (Å²) in [6.07, 6.45) is 4.36. The van der Waals surface area contributed by atoms with Gasteiger partial charge in [0.2, 0.25) is 10.0 Å². The zero-order valence-corrected chi connectivity index (χ0v) is 14.5. The first-order valence-corrected chi connectivity index (χ1v) is 9.62. The van der Waals surface area contributed by atoms with Crippen LogP contribution in [0.15, 0.2) is 6.33 Å². The van der Waals surface area contributed by atoms with Gasteiger partial charge in [0.15, 0.2) is 0 Å². The average molecular weight is 326 g/mol. The Kier molecular flexibility index (Phi) is 4.31. The fraction of sp³-hybridized carbons (Fsp3) is 0.800. The zero-order valence-electron chi connectivity index (χ0n) is 13.7. The monoisotopic (exact) mass is 326 g/mol. The van der Waals surface area contributed by atoms with Crippen LogP contribution in [-0.4, -0.2) is 52.1 Å². The van der Waals surface area contributed by atoms with Gasteiger partial charge in [-0.1, -0.05) is 0 Å². The number of imidazole rings is 1. The van der Waals surface area contributed by atoms with E-state index in [0.29, 0.717) is 19.1 Å². The number of hydrogen-bond donors (Lipinski definition) is 0. The molecule has 0 saturated heterocycles. The van der Waals surface area contributed by atoms with Gasteiger partial charge in [-0.2, -0.15) is 4.31 Å². The third kappa shape index (κ3) is 3.07. The van der Waals surface area contributed by atoms with Crippen molar-refractivity contribution in [1.82, 2.24) is 18.8 Å². The molecular formula is C15H26N4O2S. The van der Waals surface area contributed by atoms with E-state index in [0.717, 1.165) is 43.7 Å². The van der Waals surface area contributed by atoms with Gasteiger partial charge in [0.1, 0.15) is 0 Å². The number of nitrogens with zero attached hydrogens (tertiary/aromatic N) is 4. The smallest absolute Gasteiger partial charge is 0.217 e. The van der Waals surface area contributed by atoms with Crippen LogP contribution in [0.5, 0.6) is 0 Å². The summed E-state index contributed by atoms with van der Waals surface area (Å²) in [5.41, 5.74) is 2.07. The van der Waals surface area contributed by atoms with Crippen molar-refractivity contribution in [1.29, 1.82) is 0 Å². The second-order valence-electron chi connectivity index (χ2n) is 6.77. The van der Waals surface area contributed by atoms with Crippen LogP contribution in [-0.2, 0) is 29.7 Å². The molecule has 124 valence electrons. The Morgan fingerprint density at radius 2 is 2.09 bits per heavy atom. The first kappa shape index (κ1) is 16.0. The minimum atomic E-state index is -3.12. The molecule has 1 saturated carbocycles. The van der Waals surface area contributed by atoms with Crippen molar-refractivity contribution in [3.63, 3.8) is 0 Å². The van der Waals surface area contributed by atoms with Crippen molar-refractivity contribution >= 4 is 10.0 Å². The molecule has 1 aromatic heterocycles. The van der Waals surface area contributed by atoms with Crippen LogP contribution in [0.1, 0.15) is 44.5 Å². The molecule has 0 bridgehead atoms. The molecule has 0 atom stereocenters. The minimum absolute atomic E-state index is 0.135. The van der Waals surface area contributed by atoms with Crippen molar-refractivity contribution in [2.75, 3.05) is 13.6 Å². The van der Waals surface area contributed by atoms with Crippen LogP contribution < -0.4 is 0 Å². The number of sulfonamides is 1. The maximum Gasteiger partial charge on any atom is 0.217 e. The minimum Gasteiger partial charge on any atom is -0.333 e. The highest BCUT2D eigenvalue weighted by atomic mass is 32.2. The standard InChI is InChI=1S/C15H26N4O2S/c1-12(2)17(3)9-14-15-10-19(22(20,21)13-5-6-13)8-4-7-18(15)11-16-14/h11-13H,4-10H2,1-3H3. The second kappa shape index (κ2) is 5.94. The van der Waals surface area contributed by atoms with Crippen LogP contribution in [0.3, 0.4) is 0 Å². The summed E-state index contributed by atoms with van der Waals surface area (Å²) in [4.78, 5) is 6.77. The van der Waals surface area contributed by atoms with Crippen molar-refractivity contribution in [3.05, 3.63) is 17.7 Å². The maximum absolute atomic E-state index is 12.6. The lowest BCUT2D eigenvalue weighted by molar-refractivity contribution is 0.261. The van der Waals surface area contributed by atoms with E-state index in [2.05, 4.69) is 35.3 Å². The molecule has 0 unspecified atom stereocenters. The van der Waals surface area contributed by atoms with Crippen molar-refractivity contribution in [2.45, 2.75) is 64.0 Å². The molecule has 0 spiro atoms. The van der Waals surface area contributed by atoms with E-state index in [1.165, 1.54) is 0 Å². The maximum atomic E-state index is 12.6. The summed E-state index contributed by atoms with van der Waals surface area (Å²) < 4.78 is 28.9. The van der Waals surface area contributed by atoms with Gasteiger partial charge < -0.3 is 4.57 Å². The first-order chi connectivity index (χ1) is 10.4. The van der Waals surface area contributed by atoms with E-state index in [1.54, 1.807) is 4.31 Å². The molecule has 2 heterocycles. The summed E-state index contributed by atoms with van der Waals surface area (Å²) in [5.74, 6) is 0.